The Morgan fingerprint density at radius 3 is 2.62 bits per heavy atom. The first-order chi connectivity index (χ1) is 20.3. The van der Waals surface area contributed by atoms with Gasteiger partial charge in [-0.15, -0.1) is 0 Å². The molecule has 1 aromatic carbocycles. The van der Waals surface area contributed by atoms with Crippen LogP contribution in [-0.2, 0) is 13.6 Å². The van der Waals surface area contributed by atoms with Crippen molar-refractivity contribution in [1.29, 1.82) is 0 Å². The number of fused-ring (bicyclic) bond motifs is 4. The molecule has 3 fully saturated rings. The maximum atomic E-state index is 13.7. The number of amides is 1. The monoisotopic (exact) mass is 564 g/mol. The number of nitrogens with zero attached hydrogens (tertiary/aromatic N) is 6. The molecule has 1 amide bonds. The highest BCUT2D eigenvalue weighted by Gasteiger charge is 2.47. The van der Waals surface area contributed by atoms with Crippen molar-refractivity contribution >= 4 is 28.0 Å². The lowest BCUT2D eigenvalue weighted by Gasteiger charge is -2.27. The summed E-state index contributed by atoms with van der Waals surface area (Å²) in [4.78, 5) is 26.0. The summed E-state index contributed by atoms with van der Waals surface area (Å²) in [5.74, 6) is 2.51. The average molecular weight is 565 g/mol. The number of aromatic amines is 1. The number of hydrogen-bond acceptors (Lipinski definition) is 6. The minimum atomic E-state index is 0.00876. The number of imidazole rings is 1. The number of carbonyl (C=O) groups is 1. The summed E-state index contributed by atoms with van der Waals surface area (Å²) in [6.45, 7) is 5.66. The number of nitrogens with two attached hydrogens (primary N) is 1. The third-order valence-electron chi connectivity index (χ3n) is 9.81. The van der Waals surface area contributed by atoms with Crippen LogP contribution < -0.4 is 10.5 Å². The van der Waals surface area contributed by atoms with Crippen LogP contribution in [0.2, 0.25) is 0 Å². The maximum absolute atomic E-state index is 13.7. The van der Waals surface area contributed by atoms with E-state index in [4.69, 9.17) is 20.4 Å². The smallest absolute Gasteiger partial charge is 0.254 e. The van der Waals surface area contributed by atoms with Crippen molar-refractivity contribution in [3.05, 3.63) is 47.3 Å². The van der Waals surface area contributed by atoms with Gasteiger partial charge in [0.15, 0.2) is 5.82 Å². The van der Waals surface area contributed by atoms with Gasteiger partial charge in [0.2, 0.25) is 0 Å². The number of aryl methyl sites for hydroxylation is 3. The lowest BCUT2D eigenvalue weighted by molar-refractivity contribution is 0.0700. The molecule has 5 aromatic rings. The van der Waals surface area contributed by atoms with E-state index in [0.29, 0.717) is 23.1 Å². The Kier molecular flexibility index (Phi) is 5.57. The van der Waals surface area contributed by atoms with E-state index in [9.17, 15) is 4.79 Å². The highest BCUT2D eigenvalue weighted by Crippen LogP contribution is 2.40. The van der Waals surface area contributed by atoms with Crippen LogP contribution in [0.1, 0.15) is 47.4 Å². The van der Waals surface area contributed by atoms with Crippen molar-refractivity contribution in [3.63, 3.8) is 0 Å². The molecule has 8 rings (SSSR count). The predicted molar refractivity (Wildman–Crippen MR) is 161 cm³/mol. The normalized spacial score (nSPS) is 21.7. The van der Waals surface area contributed by atoms with E-state index < -0.39 is 0 Å². The van der Waals surface area contributed by atoms with E-state index in [2.05, 4.69) is 37.5 Å². The van der Waals surface area contributed by atoms with Crippen molar-refractivity contribution in [2.75, 3.05) is 13.7 Å². The van der Waals surface area contributed by atoms with Gasteiger partial charge in [-0.1, -0.05) is 0 Å². The van der Waals surface area contributed by atoms with E-state index in [1.165, 1.54) is 12.8 Å². The number of H-pyrrole nitrogens is 1. The van der Waals surface area contributed by atoms with Crippen molar-refractivity contribution in [1.82, 2.24) is 34.2 Å². The molecule has 10 nitrogen and oxygen atoms in total. The summed E-state index contributed by atoms with van der Waals surface area (Å²) in [6, 6.07) is 10.4. The Labute approximate surface area is 243 Å². The molecular weight excluding hydrogens is 528 g/mol. The maximum Gasteiger partial charge on any atom is 0.254 e. The molecule has 2 aliphatic carbocycles. The zero-order valence-corrected chi connectivity index (χ0v) is 24.5. The molecular formula is C32H36N8O2. The van der Waals surface area contributed by atoms with Crippen LogP contribution >= 0.6 is 0 Å². The second-order valence-corrected chi connectivity index (χ2v) is 12.5. The van der Waals surface area contributed by atoms with Gasteiger partial charge in [0, 0.05) is 54.4 Å². The summed E-state index contributed by atoms with van der Waals surface area (Å²) in [7, 11) is 3.67. The molecule has 3 N–H and O–H groups in total. The summed E-state index contributed by atoms with van der Waals surface area (Å²) in [5, 5.41) is 8.55. The van der Waals surface area contributed by atoms with Gasteiger partial charge in [0.25, 0.3) is 5.91 Å². The lowest BCUT2D eigenvalue weighted by Crippen LogP contribution is -2.41. The summed E-state index contributed by atoms with van der Waals surface area (Å²) < 4.78 is 10.3. The molecule has 1 saturated heterocycles. The fourth-order valence-electron chi connectivity index (χ4n) is 7.39. The minimum Gasteiger partial charge on any atom is -0.494 e. The number of pyridine rings is 1. The number of piperidine rings is 1. The fraction of sp³-hybridized carbons (Fsp3) is 0.438. The number of ether oxygens (including phenoxy) is 1. The number of likely N-dealkylation sites (tertiary alicyclic amines) is 1. The van der Waals surface area contributed by atoms with Crippen molar-refractivity contribution in [2.45, 2.75) is 58.2 Å². The Balaban J connectivity index is 1.25. The minimum absolute atomic E-state index is 0.00876. The summed E-state index contributed by atoms with van der Waals surface area (Å²) >= 11 is 0. The molecule has 0 radical (unpaired) electrons. The van der Waals surface area contributed by atoms with Gasteiger partial charge in [0.1, 0.15) is 16.9 Å². The Morgan fingerprint density at radius 2 is 1.95 bits per heavy atom. The van der Waals surface area contributed by atoms with Crippen LogP contribution in [0.4, 0.5) is 0 Å². The van der Waals surface area contributed by atoms with Gasteiger partial charge in [-0.2, -0.15) is 5.10 Å². The lowest BCUT2D eigenvalue weighted by atomic mass is 10.1. The summed E-state index contributed by atoms with van der Waals surface area (Å²) in [5.41, 5.74) is 14.5. The number of aromatic nitrogens is 6. The van der Waals surface area contributed by atoms with Crippen molar-refractivity contribution < 1.29 is 9.53 Å². The third kappa shape index (κ3) is 3.74. The number of carbonyl (C=O) groups excluding carboxylic acids is 1. The Hall–Kier alpha value is -4.18. The van der Waals surface area contributed by atoms with Gasteiger partial charge < -0.3 is 24.5 Å². The SMILES string of the molecule is COc1cc(C(=O)N2CC3CCC2C3N)cc2nc(-c3cc4ccc(-c5c(C)n[nH]c5C)nc4n3CC3CC3)n(C)c12. The number of nitrogens with one attached hydrogen (secondary N) is 1. The number of methoxy groups -OCH3 is 1. The highest BCUT2D eigenvalue weighted by molar-refractivity contribution is 6.00. The highest BCUT2D eigenvalue weighted by atomic mass is 16.5. The molecule has 42 heavy (non-hydrogen) atoms. The molecule has 3 unspecified atom stereocenters. The molecule has 10 heteroatoms. The standard InChI is InChI=1S/C32H36N8O2/c1-16-27(17(2)37-36-16)22-9-7-19-12-25(39(30(19)34-22)14-18-5-6-18)31-35-23-11-21(13-26(42-4)29(23)38(31)3)32(41)40-15-20-8-10-24(40)28(20)33/h7,9,11-13,18,20,24,28H,5-6,8,10,14-15,33H2,1-4H3,(H,36,37). The first kappa shape index (κ1) is 25.5. The molecule has 2 saturated carbocycles. The molecule has 0 spiro atoms. The van der Waals surface area contributed by atoms with Crippen molar-refractivity contribution in [3.8, 4) is 28.5 Å². The van der Waals surface area contributed by atoms with E-state index in [1.54, 1.807) is 7.11 Å². The number of rotatable bonds is 6. The van der Waals surface area contributed by atoms with Crippen LogP contribution in [0.3, 0.4) is 0 Å². The van der Waals surface area contributed by atoms with Crippen molar-refractivity contribution in [2.24, 2.45) is 24.6 Å². The van der Waals surface area contributed by atoms with Crippen LogP contribution in [-0.4, -0.2) is 65.8 Å². The van der Waals surface area contributed by atoms with Gasteiger partial charge in [-0.3, -0.25) is 9.89 Å². The fourth-order valence-corrected chi connectivity index (χ4v) is 7.39. The van der Waals surface area contributed by atoms with E-state index in [-0.39, 0.29) is 18.0 Å². The van der Waals surface area contributed by atoms with Gasteiger partial charge >= 0.3 is 0 Å². The Bertz CT molecular complexity index is 1870. The molecule has 1 aliphatic heterocycles. The Morgan fingerprint density at radius 1 is 1.12 bits per heavy atom. The molecule has 4 aromatic heterocycles. The predicted octanol–water partition coefficient (Wildman–Crippen LogP) is 4.58. The second kappa shape index (κ2) is 9.16. The van der Waals surface area contributed by atoms with Gasteiger partial charge in [-0.25, -0.2) is 9.97 Å². The average Bonchev–Trinajstić information content (AvgIpc) is 3.17. The zero-order valence-electron chi connectivity index (χ0n) is 24.5. The van der Waals surface area contributed by atoms with Crippen LogP contribution in [0, 0.1) is 25.7 Å². The van der Waals surface area contributed by atoms with Crippen LogP contribution in [0.15, 0.2) is 30.3 Å². The van der Waals surface area contributed by atoms with E-state index in [1.807, 2.05) is 37.9 Å². The van der Waals surface area contributed by atoms with Gasteiger partial charge in [-0.05, 0) is 81.7 Å². The number of hydrogen-bond donors (Lipinski definition) is 2. The first-order valence-electron chi connectivity index (χ1n) is 15.0. The second-order valence-electron chi connectivity index (χ2n) is 12.5. The largest absolute Gasteiger partial charge is 0.494 e. The number of benzene rings is 1. The van der Waals surface area contributed by atoms with Crippen LogP contribution in [0.25, 0.3) is 44.8 Å². The molecule has 216 valence electrons. The molecule has 3 aliphatic rings. The molecule has 2 bridgehead atoms. The quantitative estimate of drug-likeness (QED) is 0.312. The van der Waals surface area contributed by atoms with E-state index in [0.717, 1.165) is 82.2 Å². The van der Waals surface area contributed by atoms with E-state index >= 15 is 0 Å². The molecule has 5 heterocycles. The van der Waals surface area contributed by atoms with Crippen LogP contribution in [0.5, 0.6) is 5.75 Å². The third-order valence-corrected chi connectivity index (χ3v) is 9.81. The topological polar surface area (TPSA) is 120 Å². The zero-order chi connectivity index (χ0) is 28.9. The van der Waals surface area contributed by atoms with Gasteiger partial charge in [0.05, 0.1) is 29.7 Å². The molecule has 3 atom stereocenters. The summed E-state index contributed by atoms with van der Waals surface area (Å²) in [6.07, 6.45) is 4.53. The first-order valence-corrected chi connectivity index (χ1v) is 15.0.